The van der Waals surface area contributed by atoms with Crippen molar-refractivity contribution in [3.8, 4) is 10.7 Å². The van der Waals surface area contributed by atoms with Crippen LogP contribution in [0.15, 0.2) is 46.6 Å². The zero-order valence-corrected chi connectivity index (χ0v) is 14.5. The number of nitrogens with zero attached hydrogens (tertiary/aromatic N) is 3. The summed E-state index contributed by atoms with van der Waals surface area (Å²) < 4.78 is 7.15. The van der Waals surface area contributed by atoms with Crippen molar-refractivity contribution in [3.05, 3.63) is 47.9 Å². The Balaban J connectivity index is 1.63. The van der Waals surface area contributed by atoms with Crippen LogP contribution < -0.4 is 5.32 Å². The van der Waals surface area contributed by atoms with Crippen molar-refractivity contribution in [2.45, 2.75) is 32.9 Å². The number of hydrogen-bond acceptors (Lipinski definition) is 5. The van der Waals surface area contributed by atoms with Crippen LogP contribution in [0.1, 0.15) is 32.2 Å². The molecule has 0 aromatic carbocycles. The smallest absolute Gasteiger partial charge is 0.246 e. The fourth-order valence-corrected chi connectivity index (χ4v) is 3.13. The lowest BCUT2D eigenvalue weighted by molar-refractivity contribution is -0.125. The topological polar surface area (TPSA) is 73.0 Å². The fraction of sp³-hybridized carbons (Fsp3) is 0.353. The third kappa shape index (κ3) is 3.91. The van der Waals surface area contributed by atoms with Crippen LogP contribution in [0.5, 0.6) is 0 Å². The summed E-state index contributed by atoms with van der Waals surface area (Å²) in [5.41, 5.74) is 0. The second kappa shape index (κ2) is 7.44. The van der Waals surface area contributed by atoms with Crippen LogP contribution in [-0.2, 0) is 11.3 Å². The van der Waals surface area contributed by atoms with E-state index < -0.39 is 0 Å². The number of hydrogen-bond donors (Lipinski definition) is 1. The highest BCUT2D eigenvalue weighted by atomic mass is 32.1. The van der Waals surface area contributed by atoms with E-state index >= 15 is 0 Å². The lowest BCUT2D eigenvalue weighted by atomic mass is 10.0. The molecule has 1 N–H and O–H groups in total. The van der Waals surface area contributed by atoms with Crippen LogP contribution in [0.2, 0.25) is 0 Å². The van der Waals surface area contributed by atoms with Crippen molar-refractivity contribution in [3.63, 3.8) is 0 Å². The van der Waals surface area contributed by atoms with E-state index in [4.69, 9.17) is 4.52 Å². The molecule has 0 saturated carbocycles. The molecule has 126 valence electrons. The van der Waals surface area contributed by atoms with Crippen LogP contribution in [0, 0.1) is 5.92 Å². The number of rotatable bonds is 7. The Hall–Kier alpha value is -2.41. The number of thiophene rings is 1. The lowest BCUT2D eigenvalue weighted by Crippen LogP contribution is -2.32. The Labute approximate surface area is 144 Å². The average Bonchev–Trinajstić information content (AvgIpc) is 3.32. The molecule has 3 heterocycles. The van der Waals surface area contributed by atoms with E-state index in [1.165, 1.54) is 0 Å². The van der Waals surface area contributed by atoms with Crippen molar-refractivity contribution in [1.29, 1.82) is 0 Å². The highest BCUT2D eigenvalue weighted by molar-refractivity contribution is 7.13. The van der Waals surface area contributed by atoms with Gasteiger partial charge < -0.3 is 14.4 Å². The molecule has 0 fully saturated rings. The molecule has 0 saturated heterocycles. The zero-order valence-electron chi connectivity index (χ0n) is 13.7. The first kappa shape index (κ1) is 16.4. The Bertz CT molecular complexity index is 762. The maximum atomic E-state index is 12.6. The van der Waals surface area contributed by atoms with Crippen molar-refractivity contribution in [1.82, 2.24) is 20.0 Å². The molecule has 0 radical (unpaired) electrons. The van der Waals surface area contributed by atoms with Gasteiger partial charge in [-0.05, 0) is 35.9 Å². The molecule has 0 aliphatic rings. The highest BCUT2D eigenvalue weighted by Crippen LogP contribution is 2.21. The van der Waals surface area contributed by atoms with E-state index in [-0.39, 0.29) is 18.5 Å². The Kier molecular flexibility index (Phi) is 5.10. The van der Waals surface area contributed by atoms with E-state index in [9.17, 15) is 4.79 Å². The summed E-state index contributed by atoms with van der Waals surface area (Å²) in [7, 11) is 0. The van der Waals surface area contributed by atoms with Crippen molar-refractivity contribution < 1.29 is 9.32 Å². The van der Waals surface area contributed by atoms with Gasteiger partial charge in [0.25, 0.3) is 0 Å². The molecule has 6 nitrogen and oxygen atoms in total. The van der Waals surface area contributed by atoms with E-state index in [0.717, 1.165) is 11.3 Å². The molecule has 3 aromatic heterocycles. The summed E-state index contributed by atoms with van der Waals surface area (Å²) in [6.45, 7) is 4.44. The SMILES string of the molecule is CC(C)C[C@@H](C(=O)NCc1nc(-c2cccs2)no1)n1cccc1. The number of amides is 1. The molecule has 0 aliphatic heterocycles. The van der Waals surface area contributed by atoms with Gasteiger partial charge in [-0.3, -0.25) is 4.79 Å². The average molecular weight is 344 g/mol. The minimum Gasteiger partial charge on any atom is -0.345 e. The van der Waals surface area contributed by atoms with E-state index in [1.807, 2.05) is 46.6 Å². The van der Waals surface area contributed by atoms with Gasteiger partial charge in [0.2, 0.25) is 17.6 Å². The Morgan fingerprint density at radius 3 is 2.79 bits per heavy atom. The maximum absolute atomic E-state index is 12.6. The van der Waals surface area contributed by atoms with Crippen LogP contribution in [0.25, 0.3) is 10.7 Å². The van der Waals surface area contributed by atoms with Gasteiger partial charge in [-0.1, -0.05) is 25.1 Å². The molecule has 0 bridgehead atoms. The third-order valence-electron chi connectivity index (χ3n) is 3.61. The summed E-state index contributed by atoms with van der Waals surface area (Å²) >= 11 is 1.55. The molecule has 1 amide bonds. The Morgan fingerprint density at radius 1 is 1.33 bits per heavy atom. The molecular weight excluding hydrogens is 324 g/mol. The largest absolute Gasteiger partial charge is 0.345 e. The molecule has 0 spiro atoms. The van der Waals surface area contributed by atoms with E-state index in [2.05, 4.69) is 29.3 Å². The zero-order chi connectivity index (χ0) is 16.9. The van der Waals surface area contributed by atoms with Gasteiger partial charge in [0.15, 0.2) is 0 Å². The van der Waals surface area contributed by atoms with Gasteiger partial charge in [-0.15, -0.1) is 11.3 Å². The quantitative estimate of drug-likeness (QED) is 0.712. The molecule has 3 aromatic rings. The van der Waals surface area contributed by atoms with E-state index in [1.54, 1.807) is 11.3 Å². The normalized spacial score (nSPS) is 12.5. The van der Waals surface area contributed by atoms with Gasteiger partial charge in [-0.25, -0.2) is 0 Å². The number of aromatic nitrogens is 3. The van der Waals surface area contributed by atoms with Crippen molar-refractivity contribution in [2.24, 2.45) is 5.92 Å². The number of nitrogens with one attached hydrogen (secondary N) is 1. The minimum atomic E-state index is -0.236. The van der Waals surface area contributed by atoms with Gasteiger partial charge >= 0.3 is 0 Å². The van der Waals surface area contributed by atoms with Gasteiger partial charge in [0.1, 0.15) is 6.04 Å². The summed E-state index contributed by atoms with van der Waals surface area (Å²) in [6, 6.07) is 7.48. The van der Waals surface area contributed by atoms with Crippen LogP contribution >= 0.6 is 11.3 Å². The second-order valence-electron chi connectivity index (χ2n) is 5.98. The fourth-order valence-electron chi connectivity index (χ4n) is 2.48. The molecule has 3 rings (SSSR count). The molecule has 1 atom stereocenters. The van der Waals surface area contributed by atoms with Gasteiger partial charge in [-0.2, -0.15) is 4.98 Å². The number of carbonyl (C=O) groups is 1. The first-order chi connectivity index (χ1) is 11.6. The Morgan fingerprint density at radius 2 is 2.12 bits per heavy atom. The predicted octanol–water partition coefficient (Wildman–Crippen LogP) is 3.50. The van der Waals surface area contributed by atoms with Crippen LogP contribution in [0.3, 0.4) is 0 Å². The summed E-state index contributed by atoms with van der Waals surface area (Å²) in [5.74, 6) is 1.33. The molecular formula is C17H20N4O2S. The number of carbonyl (C=O) groups excluding carboxylic acids is 1. The predicted molar refractivity (Wildman–Crippen MR) is 92.4 cm³/mol. The standard InChI is InChI=1S/C17H20N4O2S/c1-12(2)10-13(21-7-3-4-8-21)17(22)18-11-15-19-16(20-23-15)14-6-5-9-24-14/h3-9,12-13H,10-11H2,1-2H3,(H,18,22)/t13-/m0/s1. The molecule has 0 unspecified atom stereocenters. The first-order valence-electron chi connectivity index (χ1n) is 7.90. The van der Waals surface area contributed by atoms with E-state index in [0.29, 0.717) is 17.6 Å². The summed E-state index contributed by atoms with van der Waals surface area (Å²) in [5, 5.41) is 8.81. The molecule has 24 heavy (non-hydrogen) atoms. The summed E-state index contributed by atoms with van der Waals surface area (Å²) in [6.07, 6.45) is 4.59. The van der Waals surface area contributed by atoms with Crippen LogP contribution in [-0.4, -0.2) is 20.6 Å². The molecule has 7 heteroatoms. The third-order valence-corrected chi connectivity index (χ3v) is 4.47. The van der Waals surface area contributed by atoms with Crippen LogP contribution in [0.4, 0.5) is 0 Å². The second-order valence-corrected chi connectivity index (χ2v) is 6.93. The van der Waals surface area contributed by atoms with Crippen molar-refractivity contribution >= 4 is 17.2 Å². The lowest BCUT2D eigenvalue weighted by Gasteiger charge is -2.20. The maximum Gasteiger partial charge on any atom is 0.246 e. The van der Waals surface area contributed by atoms with Crippen molar-refractivity contribution in [2.75, 3.05) is 0 Å². The van der Waals surface area contributed by atoms with Gasteiger partial charge in [0, 0.05) is 12.4 Å². The highest BCUT2D eigenvalue weighted by Gasteiger charge is 2.21. The summed E-state index contributed by atoms with van der Waals surface area (Å²) in [4.78, 5) is 17.8. The monoisotopic (exact) mass is 344 g/mol. The minimum absolute atomic E-state index is 0.0456. The molecule has 0 aliphatic carbocycles. The first-order valence-corrected chi connectivity index (χ1v) is 8.78. The van der Waals surface area contributed by atoms with Gasteiger partial charge in [0.05, 0.1) is 11.4 Å².